The molecule has 0 aliphatic carbocycles. The Balaban J connectivity index is 1.86. The molecule has 0 fully saturated rings. The predicted molar refractivity (Wildman–Crippen MR) is 89.5 cm³/mol. The SMILES string of the molecule is Cc1ccccc1-c1noc2ncnc(Nc3ccc(F)cc3)c12. The second-order valence-electron chi connectivity index (χ2n) is 5.38. The molecule has 0 aliphatic rings. The molecule has 0 amide bonds. The highest BCUT2D eigenvalue weighted by molar-refractivity contribution is 5.99. The first kappa shape index (κ1) is 14.3. The van der Waals surface area contributed by atoms with Gasteiger partial charge in [-0.05, 0) is 36.8 Å². The number of aryl methyl sites for hydroxylation is 1. The third-order valence-corrected chi connectivity index (χ3v) is 3.78. The Hall–Kier alpha value is -3.28. The number of fused-ring (bicyclic) bond motifs is 1. The molecule has 5 nitrogen and oxygen atoms in total. The molecule has 0 bridgehead atoms. The van der Waals surface area contributed by atoms with Crippen LogP contribution in [-0.4, -0.2) is 15.1 Å². The van der Waals surface area contributed by atoms with Gasteiger partial charge in [0.05, 0.1) is 0 Å². The van der Waals surface area contributed by atoms with E-state index in [2.05, 4.69) is 20.4 Å². The van der Waals surface area contributed by atoms with Gasteiger partial charge >= 0.3 is 0 Å². The van der Waals surface area contributed by atoms with Gasteiger partial charge in [-0.15, -0.1) is 0 Å². The van der Waals surface area contributed by atoms with Crippen molar-refractivity contribution in [1.29, 1.82) is 0 Å². The highest BCUT2D eigenvalue weighted by Gasteiger charge is 2.18. The smallest absolute Gasteiger partial charge is 0.263 e. The maximum absolute atomic E-state index is 13.1. The molecule has 0 spiro atoms. The summed E-state index contributed by atoms with van der Waals surface area (Å²) in [5.74, 6) is 0.269. The van der Waals surface area contributed by atoms with Gasteiger partial charge in [0, 0.05) is 11.3 Å². The van der Waals surface area contributed by atoms with Gasteiger partial charge in [0.15, 0.2) is 0 Å². The van der Waals surface area contributed by atoms with Gasteiger partial charge < -0.3 is 9.84 Å². The van der Waals surface area contributed by atoms with Crippen LogP contribution >= 0.6 is 0 Å². The van der Waals surface area contributed by atoms with E-state index in [1.54, 1.807) is 12.1 Å². The molecule has 0 unspecified atom stereocenters. The monoisotopic (exact) mass is 320 g/mol. The lowest BCUT2D eigenvalue weighted by atomic mass is 10.0. The minimum Gasteiger partial charge on any atom is -0.339 e. The average molecular weight is 320 g/mol. The summed E-state index contributed by atoms with van der Waals surface area (Å²) in [7, 11) is 0. The van der Waals surface area contributed by atoms with Gasteiger partial charge in [-0.1, -0.05) is 29.4 Å². The highest BCUT2D eigenvalue weighted by Crippen LogP contribution is 2.33. The molecule has 6 heteroatoms. The van der Waals surface area contributed by atoms with E-state index in [4.69, 9.17) is 4.52 Å². The molecule has 118 valence electrons. The molecule has 0 aliphatic heterocycles. The van der Waals surface area contributed by atoms with E-state index in [1.165, 1.54) is 18.5 Å². The molecule has 4 aromatic rings. The zero-order chi connectivity index (χ0) is 16.5. The van der Waals surface area contributed by atoms with Crippen molar-refractivity contribution in [2.24, 2.45) is 0 Å². The zero-order valence-electron chi connectivity index (χ0n) is 12.8. The maximum Gasteiger partial charge on any atom is 0.263 e. The third kappa shape index (κ3) is 2.48. The summed E-state index contributed by atoms with van der Waals surface area (Å²) in [4.78, 5) is 8.43. The van der Waals surface area contributed by atoms with Gasteiger partial charge in [0.1, 0.15) is 29.0 Å². The molecule has 4 rings (SSSR count). The molecular weight excluding hydrogens is 307 g/mol. The van der Waals surface area contributed by atoms with Crippen molar-refractivity contribution >= 4 is 22.6 Å². The lowest BCUT2D eigenvalue weighted by Gasteiger charge is -2.07. The Morgan fingerprint density at radius 2 is 1.79 bits per heavy atom. The summed E-state index contributed by atoms with van der Waals surface area (Å²) < 4.78 is 18.4. The lowest BCUT2D eigenvalue weighted by Crippen LogP contribution is -1.96. The molecule has 0 saturated carbocycles. The van der Waals surface area contributed by atoms with E-state index < -0.39 is 0 Å². The van der Waals surface area contributed by atoms with E-state index in [0.717, 1.165) is 11.1 Å². The summed E-state index contributed by atoms with van der Waals surface area (Å²) in [5.41, 5.74) is 3.81. The number of benzene rings is 2. The largest absolute Gasteiger partial charge is 0.339 e. The summed E-state index contributed by atoms with van der Waals surface area (Å²) in [6, 6.07) is 13.9. The molecule has 2 aromatic carbocycles. The summed E-state index contributed by atoms with van der Waals surface area (Å²) in [6.45, 7) is 2.01. The van der Waals surface area contributed by atoms with Gasteiger partial charge in [-0.25, -0.2) is 9.37 Å². The van der Waals surface area contributed by atoms with Crippen molar-refractivity contribution in [3.8, 4) is 11.3 Å². The lowest BCUT2D eigenvalue weighted by molar-refractivity contribution is 0.451. The molecule has 0 radical (unpaired) electrons. The predicted octanol–water partition coefficient (Wildman–Crippen LogP) is 4.48. The molecule has 0 saturated heterocycles. The second kappa shape index (κ2) is 5.73. The van der Waals surface area contributed by atoms with Crippen LogP contribution in [0, 0.1) is 12.7 Å². The Kier molecular flexibility index (Phi) is 3.42. The fraction of sp³-hybridized carbons (Fsp3) is 0.0556. The van der Waals surface area contributed by atoms with Crippen LogP contribution in [0.3, 0.4) is 0 Å². The van der Waals surface area contributed by atoms with E-state index in [1.807, 2.05) is 31.2 Å². The molecule has 24 heavy (non-hydrogen) atoms. The Morgan fingerprint density at radius 3 is 2.58 bits per heavy atom. The highest BCUT2D eigenvalue weighted by atomic mass is 19.1. The fourth-order valence-electron chi connectivity index (χ4n) is 2.57. The minimum atomic E-state index is -0.293. The molecule has 2 heterocycles. The van der Waals surface area contributed by atoms with Crippen LogP contribution in [0.25, 0.3) is 22.4 Å². The van der Waals surface area contributed by atoms with Gasteiger partial charge in [-0.3, -0.25) is 0 Å². The molecule has 1 N–H and O–H groups in total. The van der Waals surface area contributed by atoms with Crippen molar-refractivity contribution < 1.29 is 8.91 Å². The average Bonchev–Trinajstić information content (AvgIpc) is 3.02. The van der Waals surface area contributed by atoms with Crippen molar-refractivity contribution in [2.45, 2.75) is 6.92 Å². The third-order valence-electron chi connectivity index (χ3n) is 3.78. The number of halogens is 1. The first-order valence-electron chi connectivity index (χ1n) is 7.41. The number of hydrogen-bond acceptors (Lipinski definition) is 5. The maximum atomic E-state index is 13.1. The topological polar surface area (TPSA) is 63.8 Å². The van der Waals surface area contributed by atoms with Crippen molar-refractivity contribution in [2.75, 3.05) is 5.32 Å². The van der Waals surface area contributed by atoms with Crippen LogP contribution in [0.5, 0.6) is 0 Å². The summed E-state index contributed by atoms with van der Waals surface area (Å²) in [5, 5.41) is 8.03. The Morgan fingerprint density at radius 1 is 1.00 bits per heavy atom. The number of nitrogens with zero attached hydrogens (tertiary/aromatic N) is 3. The summed E-state index contributed by atoms with van der Waals surface area (Å²) in [6.07, 6.45) is 1.40. The second-order valence-corrected chi connectivity index (χ2v) is 5.38. The number of hydrogen-bond donors (Lipinski definition) is 1. The molecular formula is C18H13FN4O. The quantitative estimate of drug-likeness (QED) is 0.603. The number of rotatable bonds is 3. The van der Waals surface area contributed by atoms with E-state index in [9.17, 15) is 4.39 Å². The van der Waals surface area contributed by atoms with Crippen molar-refractivity contribution in [3.63, 3.8) is 0 Å². The van der Waals surface area contributed by atoms with E-state index in [0.29, 0.717) is 28.3 Å². The fourth-order valence-corrected chi connectivity index (χ4v) is 2.57. The minimum absolute atomic E-state index is 0.293. The van der Waals surface area contributed by atoms with Crippen LogP contribution in [0.1, 0.15) is 5.56 Å². The normalized spacial score (nSPS) is 10.9. The van der Waals surface area contributed by atoms with Crippen molar-refractivity contribution in [1.82, 2.24) is 15.1 Å². The van der Waals surface area contributed by atoms with Crippen molar-refractivity contribution in [3.05, 3.63) is 66.2 Å². The van der Waals surface area contributed by atoms with E-state index in [-0.39, 0.29) is 5.82 Å². The van der Waals surface area contributed by atoms with Crippen LogP contribution in [0.15, 0.2) is 59.4 Å². The van der Waals surface area contributed by atoms with Gasteiger partial charge in [-0.2, -0.15) is 4.98 Å². The molecule has 2 aromatic heterocycles. The first-order chi connectivity index (χ1) is 11.7. The standard InChI is InChI=1S/C18H13FN4O/c1-11-4-2-3-5-14(11)16-15-17(20-10-21-18(15)24-23-16)22-13-8-6-12(19)7-9-13/h2-10H,1H3,(H,20,21,22). The Bertz CT molecular complexity index is 1010. The van der Waals surface area contributed by atoms with Crippen LogP contribution in [-0.2, 0) is 0 Å². The number of aromatic nitrogens is 3. The van der Waals surface area contributed by atoms with E-state index >= 15 is 0 Å². The Labute approximate surface area is 137 Å². The van der Waals surface area contributed by atoms with Crippen LogP contribution < -0.4 is 5.32 Å². The van der Waals surface area contributed by atoms with Crippen LogP contribution in [0.4, 0.5) is 15.9 Å². The van der Waals surface area contributed by atoms with Gasteiger partial charge in [0.2, 0.25) is 0 Å². The zero-order valence-corrected chi connectivity index (χ0v) is 12.8. The number of anilines is 2. The van der Waals surface area contributed by atoms with Gasteiger partial charge in [0.25, 0.3) is 5.71 Å². The first-order valence-corrected chi connectivity index (χ1v) is 7.41. The summed E-state index contributed by atoms with van der Waals surface area (Å²) >= 11 is 0. The van der Waals surface area contributed by atoms with Crippen LogP contribution in [0.2, 0.25) is 0 Å². The molecule has 0 atom stereocenters. The number of nitrogens with one attached hydrogen (secondary N) is 1.